The van der Waals surface area contributed by atoms with Crippen LogP contribution in [0.5, 0.6) is 0 Å². The molecule has 0 radical (unpaired) electrons. The van der Waals surface area contributed by atoms with Gasteiger partial charge in [-0.15, -0.1) is 0 Å². The van der Waals surface area contributed by atoms with E-state index in [4.69, 9.17) is 11.6 Å². The second-order valence-corrected chi connectivity index (χ2v) is 5.62. The van der Waals surface area contributed by atoms with E-state index in [1.807, 2.05) is 12.1 Å². The van der Waals surface area contributed by atoms with Gasteiger partial charge in [0, 0.05) is 17.8 Å². The first kappa shape index (κ1) is 16.9. The van der Waals surface area contributed by atoms with Gasteiger partial charge in [-0.05, 0) is 35.9 Å². The van der Waals surface area contributed by atoms with Gasteiger partial charge in [0.2, 0.25) is 5.95 Å². The van der Waals surface area contributed by atoms with Crippen LogP contribution in [0.1, 0.15) is 16.1 Å². The summed E-state index contributed by atoms with van der Waals surface area (Å²) >= 11 is 5.85. The van der Waals surface area contributed by atoms with Crippen LogP contribution in [0.15, 0.2) is 60.8 Å². The molecule has 5 nitrogen and oxygen atoms in total. The highest BCUT2D eigenvalue weighted by Gasteiger charge is 2.11. The van der Waals surface area contributed by atoms with E-state index in [2.05, 4.69) is 20.6 Å². The number of benzene rings is 2. The maximum absolute atomic E-state index is 13.6. The van der Waals surface area contributed by atoms with Gasteiger partial charge in [0.25, 0.3) is 5.91 Å². The van der Waals surface area contributed by atoms with Gasteiger partial charge in [0.15, 0.2) is 0 Å². The molecule has 25 heavy (non-hydrogen) atoms. The number of aromatic nitrogens is 2. The molecular weight excluding hydrogens is 343 g/mol. The molecule has 2 N–H and O–H groups in total. The Labute approximate surface area is 148 Å². The van der Waals surface area contributed by atoms with Crippen LogP contribution < -0.4 is 10.6 Å². The maximum Gasteiger partial charge on any atom is 0.274 e. The first-order valence-corrected chi connectivity index (χ1v) is 7.87. The minimum Gasteiger partial charge on any atom is -0.350 e. The Hall–Kier alpha value is -2.99. The monoisotopic (exact) mass is 356 g/mol. The van der Waals surface area contributed by atoms with E-state index >= 15 is 0 Å². The summed E-state index contributed by atoms with van der Waals surface area (Å²) in [7, 11) is 0. The van der Waals surface area contributed by atoms with Crippen LogP contribution in [0.2, 0.25) is 5.02 Å². The molecular formula is C18H14ClFN4O. The van der Waals surface area contributed by atoms with E-state index < -0.39 is 11.7 Å². The normalized spacial score (nSPS) is 10.3. The number of carbonyl (C=O) groups excluding carboxylic acids is 1. The lowest BCUT2D eigenvalue weighted by atomic mass is 10.2. The van der Waals surface area contributed by atoms with E-state index in [9.17, 15) is 9.18 Å². The number of para-hydroxylation sites is 1. The lowest BCUT2D eigenvalue weighted by Gasteiger charge is -2.08. The molecule has 0 saturated carbocycles. The Morgan fingerprint density at radius 3 is 2.60 bits per heavy atom. The van der Waals surface area contributed by atoms with Crippen molar-refractivity contribution in [3.63, 3.8) is 0 Å². The van der Waals surface area contributed by atoms with Crippen LogP contribution in [0, 0.1) is 5.82 Å². The molecule has 0 aliphatic heterocycles. The molecule has 0 saturated heterocycles. The molecule has 1 aromatic heterocycles. The van der Waals surface area contributed by atoms with Crippen molar-refractivity contribution in [3.05, 3.63) is 82.9 Å². The summed E-state index contributed by atoms with van der Waals surface area (Å²) in [6.07, 6.45) is 1.47. The van der Waals surface area contributed by atoms with Crippen molar-refractivity contribution in [2.45, 2.75) is 6.54 Å². The molecule has 0 aliphatic rings. The lowest BCUT2D eigenvalue weighted by Crippen LogP contribution is -2.16. The molecule has 2 aromatic carbocycles. The molecule has 0 unspecified atom stereocenters. The number of amides is 1. The molecule has 0 bridgehead atoms. The van der Waals surface area contributed by atoms with Gasteiger partial charge in [0.05, 0.1) is 5.69 Å². The van der Waals surface area contributed by atoms with E-state index in [-0.39, 0.29) is 11.4 Å². The molecule has 7 heteroatoms. The van der Waals surface area contributed by atoms with Crippen molar-refractivity contribution in [3.8, 4) is 0 Å². The van der Waals surface area contributed by atoms with Gasteiger partial charge < -0.3 is 10.6 Å². The summed E-state index contributed by atoms with van der Waals surface area (Å²) in [5.74, 6) is -0.718. The number of hydrogen-bond donors (Lipinski definition) is 2. The van der Waals surface area contributed by atoms with Crippen molar-refractivity contribution >= 4 is 29.1 Å². The predicted molar refractivity (Wildman–Crippen MR) is 95.2 cm³/mol. The molecule has 0 fully saturated rings. The number of halogens is 2. The molecule has 0 atom stereocenters. The first-order chi connectivity index (χ1) is 12.1. The number of nitrogens with one attached hydrogen (secondary N) is 2. The summed E-state index contributed by atoms with van der Waals surface area (Å²) in [5.41, 5.74) is 1.23. The fourth-order valence-electron chi connectivity index (χ4n) is 2.10. The summed E-state index contributed by atoms with van der Waals surface area (Å²) in [6, 6.07) is 14.7. The van der Waals surface area contributed by atoms with Crippen molar-refractivity contribution in [1.82, 2.24) is 9.97 Å². The third-order valence-corrected chi connectivity index (χ3v) is 3.63. The number of rotatable bonds is 5. The zero-order valence-electron chi connectivity index (χ0n) is 13.0. The van der Waals surface area contributed by atoms with Gasteiger partial charge in [-0.1, -0.05) is 35.9 Å². The fourth-order valence-corrected chi connectivity index (χ4v) is 2.23. The van der Waals surface area contributed by atoms with Gasteiger partial charge in [-0.3, -0.25) is 4.79 Å². The number of anilines is 2. The first-order valence-electron chi connectivity index (χ1n) is 7.49. The SMILES string of the molecule is O=C(Nc1ccccc1F)c1ccnc(NCc2ccc(Cl)cc2)n1. The van der Waals surface area contributed by atoms with Crippen LogP contribution >= 0.6 is 11.6 Å². The Morgan fingerprint density at radius 2 is 1.84 bits per heavy atom. The molecule has 1 amide bonds. The van der Waals surface area contributed by atoms with Crippen LogP contribution in [-0.4, -0.2) is 15.9 Å². The van der Waals surface area contributed by atoms with Crippen molar-refractivity contribution in [2.24, 2.45) is 0 Å². The summed E-state index contributed by atoms with van der Waals surface area (Å²) in [5, 5.41) is 6.18. The minimum atomic E-state index is -0.512. The lowest BCUT2D eigenvalue weighted by molar-refractivity contribution is 0.102. The average Bonchev–Trinajstić information content (AvgIpc) is 2.63. The third kappa shape index (κ3) is 4.51. The van der Waals surface area contributed by atoms with Crippen molar-refractivity contribution in [1.29, 1.82) is 0 Å². The van der Waals surface area contributed by atoms with Gasteiger partial charge >= 0.3 is 0 Å². The van der Waals surface area contributed by atoms with E-state index in [0.717, 1.165) is 5.56 Å². The second kappa shape index (κ2) is 7.72. The average molecular weight is 357 g/mol. The molecule has 0 spiro atoms. The molecule has 0 aliphatic carbocycles. The summed E-state index contributed by atoms with van der Waals surface area (Å²) in [6.45, 7) is 0.482. The minimum absolute atomic E-state index is 0.0989. The van der Waals surface area contributed by atoms with Gasteiger partial charge in [-0.25, -0.2) is 14.4 Å². The van der Waals surface area contributed by atoms with E-state index in [1.54, 1.807) is 24.3 Å². The van der Waals surface area contributed by atoms with E-state index in [1.165, 1.54) is 24.4 Å². The quantitative estimate of drug-likeness (QED) is 0.721. The van der Waals surface area contributed by atoms with Gasteiger partial charge in [-0.2, -0.15) is 0 Å². The zero-order chi connectivity index (χ0) is 17.6. The molecule has 3 rings (SSSR count). The summed E-state index contributed by atoms with van der Waals surface area (Å²) in [4.78, 5) is 20.4. The van der Waals surface area contributed by atoms with Crippen molar-refractivity contribution < 1.29 is 9.18 Å². The van der Waals surface area contributed by atoms with Crippen molar-refractivity contribution in [2.75, 3.05) is 10.6 Å². The number of nitrogens with zero attached hydrogens (tertiary/aromatic N) is 2. The highest BCUT2D eigenvalue weighted by Crippen LogP contribution is 2.14. The second-order valence-electron chi connectivity index (χ2n) is 5.18. The highest BCUT2D eigenvalue weighted by molar-refractivity contribution is 6.30. The number of hydrogen-bond acceptors (Lipinski definition) is 4. The van der Waals surface area contributed by atoms with Crippen LogP contribution in [-0.2, 0) is 6.54 Å². The Morgan fingerprint density at radius 1 is 1.08 bits per heavy atom. The van der Waals surface area contributed by atoms with Crippen LogP contribution in [0.25, 0.3) is 0 Å². The van der Waals surface area contributed by atoms with Gasteiger partial charge in [0.1, 0.15) is 11.5 Å². The van der Waals surface area contributed by atoms with E-state index in [0.29, 0.717) is 17.5 Å². The summed E-state index contributed by atoms with van der Waals surface area (Å²) < 4.78 is 13.6. The Kier molecular flexibility index (Phi) is 5.20. The smallest absolute Gasteiger partial charge is 0.274 e. The highest BCUT2D eigenvalue weighted by atomic mass is 35.5. The Balaban J connectivity index is 1.67. The zero-order valence-corrected chi connectivity index (χ0v) is 13.8. The molecule has 126 valence electrons. The number of carbonyl (C=O) groups is 1. The topological polar surface area (TPSA) is 66.9 Å². The Bertz CT molecular complexity index is 886. The third-order valence-electron chi connectivity index (χ3n) is 3.37. The maximum atomic E-state index is 13.6. The molecule has 1 heterocycles. The van der Waals surface area contributed by atoms with Crippen LogP contribution in [0.3, 0.4) is 0 Å². The fraction of sp³-hybridized carbons (Fsp3) is 0.0556. The van der Waals surface area contributed by atoms with Crippen LogP contribution in [0.4, 0.5) is 16.0 Å². The standard InChI is InChI=1S/C18H14ClFN4O/c19-13-7-5-12(6-8-13)11-22-18-21-10-9-16(24-18)17(25)23-15-4-2-1-3-14(15)20/h1-10H,11H2,(H,23,25)(H,21,22,24). The predicted octanol–water partition coefficient (Wildman–Crippen LogP) is 4.13. The largest absolute Gasteiger partial charge is 0.350 e. The molecule has 3 aromatic rings.